The van der Waals surface area contributed by atoms with E-state index in [0.717, 1.165) is 36.7 Å². The Labute approximate surface area is 129 Å². The van der Waals surface area contributed by atoms with E-state index in [0.29, 0.717) is 5.92 Å². The molecule has 0 bridgehead atoms. The van der Waals surface area contributed by atoms with E-state index in [1.165, 1.54) is 32.1 Å². The lowest BCUT2D eigenvalue weighted by atomic mass is 9.86. The Morgan fingerprint density at radius 1 is 1.05 bits per heavy atom. The summed E-state index contributed by atoms with van der Waals surface area (Å²) < 4.78 is 0. The van der Waals surface area contributed by atoms with Crippen molar-refractivity contribution in [3.63, 3.8) is 0 Å². The average molecular weight is 290 g/mol. The normalized spacial score (nSPS) is 13.9. The van der Waals surface area contributed by atoms with Gasteiger partial charge in [-0.2, -0.15) is 0 Å². The molecule has 0 spiro atoms. The van der Waals surface area contributed by atoms with Crippen molar-refractivity contribution in [3.8, 4) is 0 Å². The van der Waals surface area contributed by atoms with E-state index < -0.39 is 0 Å². The van der Waals surface area contributed by atoms with Crippen molar-refractivity contribution < 1.29 is 9.90 Å². The summed E-state index contributed by atoms with van der Waals surface area (Å²) in [4.78, 5) is 11.2. The van der Waals surface area contributed by atoms with Gasteiger partial charge in [-0.1, -0.05) is 63.3 Å². The lowest BCUT2D eigenvalue weighted by Crippen LogP contribution is -2.07. The highest BCUT2D eigenvalue weighted by atomic mass is 16.3. The lowest BCUT2D eigenvalue weighted by Gasteiger charge is -2.20. The monoisotopic (exact) mass is 290 g/mol. The second-order valence-corrected chi connectivity index (χ2v) is 6.07. The minimum Gasteiger partial charge on any atom is -0.393 e. The highest BCUT2D eigenvalue weighted by Gasteiger charge is 2.15. The van der Waals surface area contributed by atoms with Gasteiger partial charge >= 0.3 is 0 Å². The summed E-state index contributed by atoms with van der Waals surface area (Å²) in [5.41, 5.74) is 1.96. The zero-order valence-electron chi connectivity index (χ0n) is 13.6. The second kappa shape index (κ2) is 10.6. The van der Waals surface area contributed by atoms with Crippen molar-refractivity contribution in [1.82, 2.24) is 0 Å². The summed E-state index contributed by atoms with van der Waals surface area (Å²) in [6.45, 7) is 4.07. The maximum Gasteiger partial charge on any atom is 0.150 e. The molecule has 0 amide bonds. The summed E-state index contributed by atoms with van der Waals surface area (Å²) in [5.74, 6) is 0.391. The number of rotatable bonds is 11. The molecule has 0 aliphatic heterocycles. The number of benzene rings is 1. The molecule has 1 N–H and O–H groups in total. The molecule has 0 aliphatic carbocycles. The standard InChI is InChI=1S/C19H30O2/c1-3-4-5-6-7-10-17(14-13-16(2)21)19-12-9-8-11-18(19)15-20/h8-9,11-12,15-17,21H,3-7,10,13-14H2,1-2H3. The van der Waals surface area contributed by atoms with Crippen molar-refractivity contribution in [1.29, 1.82) is 0 Å². The van der Waals surface area contributed by atoms with Crippen LogP contribution in [0.1, 0.15) is 87.1 Å². The fraction of sp³-hybridized carbons (Fsp3) is 0.632. The molecule has 2 unspecified atom stereocenters. The van der Waals surface area contributed by atoms with E-state index in [4.69, 9.17) is 0 Å². The summed E-state index contributed by atoms with van der Waals surface area (Å²) in [7, 11) is 0. The van der Waals surface area contributed by atoms with E-state index >= 15 is 0 Å². The van der Waals surface area contributed by atoms with Gasteiger partial charge in [-0.25, -0.2) is 0 Å². The molecule has 0 radical (unpaired) electrons. The second-order valence-electron chi connectivity index (χ2n) is 6.07. The number of aliphatic hydroxyl groups excluding tert-OH is 1. The van der Waals surface area contributed by atoms with E-state index in [1.54, 1.807) is 0 Å². The van der Waals surface area contributed by atoms with Crippen molar-refractivity contribution in [2.45, 2.75) is 77.2 Å². The quantitative estimate of drug-likeness (QED) is 0.454. The molecule has 0 saturated heterocycles. The van der Waals surface area contributed by atoms with Crippen LogP contribution in [0.15, 0.2) is 24.3 Å². The minimum absolute atomic E-state index is 0.268. The zero-order chi connectivity index (χ0) is 15.5. The predicted molar refractivity (Wildman–Crippen MR) is 88.9 cm³/mol. The number of aliphatic hydroxyl groups is 1. The molecule has 1 rings (SSSR count). The van der Waals surface area contributed by atoms with Gasteiger partial charge in [0.05, 0.1) is 6.10 Å². The third kappa shape index (κ3) is 6.90. The first kappa shape index (κ1) is 17.9. The SMILES string of the molecule is CCCCCCCC(CCC(C)O)c1ccccc1C=O. The summed E-state index contributed by atoms with van der Waals surface area (Å²) in [6.07, 6.45) is 9.90. The van der Waals surface area contributed by atoms with Gasteiger partial charge in [-0.3, -0.25) is 4.79 Å². The van der Waals surface area contributed by atoms with Crippen LogP contribution in [0.5, 0.6) is 0 Å². The number of unbranched alkanes of at least 4 members (excludes halogenated alkanes) is 4. The molecule has 0 heterocycles. The highest BCUT2D eigenvalue weighted by Crippen LogP contribution is 2.30. The Morgan fingerprint density at radius 3 is 2.43 bits per heavy atom. The van der Waals surface area contributed by atoms with Crippen molar-refractivity contribution >= 4 is 6.29 Å². The van der Waals surface area contributed by atoms with E-state index in [2.05, 4.69) is 13.0 Å². The number of hydrogen-bond acceptors (Lipinski definition) is 2. The largest absolute Gasteiger partial charge is 0.393 e. The van der Waals surface area contributed by atoms with Crippen LogP contribution in [0.25, 0.3) is 0 Å². The maximum absolute atomic E-state index is 11.2. The molecular weight excluding hydrogens is 260 g/mol. The van der Waals surface area contributed by atoms with Crippen LogP contribution in [-0.4, -0.2) is 17.5 Å². The number of aldehydes is 1. The molecule has 2 atom stereocenters. The smallest absolute Gasteiger partial charge is 0.150 e. The van der Waals surface area contributed by atoms with E-state index in [-0.39, 0.29) is 6.10 Å². The molecule has 2 nitrogen and oxygen atoms in total. The fourth-order valence-corrected chi connectivity index (χ4v) is 2.88. The van der Waals surface area contributed by atoms with E-state index in [1.807, 2.05) is 25.1 Å². The van der Waals surface area contributed by atoms with Crippen LogP contribution >= 0.6 is 0 Å². The Morgan fingerprint density at radius 2 is 1.76 bits per heavy atom. The summed E-state index contributed by atoms with van der Waals surface area (Å²) in [5, 5.41) is 9.55. The Bertz CT molecular complexity index is 398. The zero-order valence-corrected chi connectivity index (χ0v) is 13.6. The summed E-state index contributed by atoms with van der Waals surface area (Å²) in [6, 6.07) is 7.90. The van der Waals surface area contributed by atoms with Gasteiger partial charge in [-0.15, -0.1) is 0 Å². The van der Waals surface area contributed by atoms with E-state index in [9.17, 15) is 9.90 Å². The molecule has 118 valence electrons. The van der Waals surface area contributed by atoms with Crippen LogP contribution in [-0.2, 0) is 0 Å². The van der Waals surface area contributed by atoms with Gasteiger partial charge in [0.25, 0.3) is 0 Å². The first-order chi connectivity index (χ1) is 10.2. The predicted octanol–water partition coefficient (Wildman–Crippen LogP) is 5.10. The van der Waals surface area contributed by atoms with Crippen LogP contribution in [0.3, 0.4) is 0 Å². The molecule has 0 aliphatic rings. The molecule has 0 aromatic heterocycles. The van der Waals surface area contributed by atoms with Crippen LogP contribution < -0.4 is 0 Å². The van der Waals surface area contributed by atoms with Gasteiger partial charge < -0.3 is 5.11 Å². The van der Waals surface area contributed by atoms with Crippen molar-refractivity contribution in [3.05, 3.63) is 35.4 Å². The lowest BCUT2D eigenvalue weighted by molar-refractivity contribution is 0.112. The maximum atomic E-state index is 11.2. The van der Waals surface area contributed by atoms with Crippen molar-refractivity contribution in [2.24, 2.45) is 0 Å². The Kier molecular flexibility index (Phi) is 9.00. The Balaban J connectivity index is 2.64. The van der Waals surface area contributed by atoms with Crippen LogP contribution in [0, 0.1) is 0 Å². The van der Waals surface area contributed by atoms with Gasteiger partial charge in [0, 0.05) is 5.56 Å². The van der Waals surface area contributed by atoms with Crippen molar-refractivity contribution in [2.75, 3.05) is 0 Å². The molecule has 2 heteroatoms. The fourth-order valence-electron chi connectivity index (χ4n) is 2.88. The first-order valence-corrected chi connectivity index (χ1v) is 8.41. The summed E-state index contributed by atoms with van der Waals surface area (Å²) >= 11 is 0. The molecule has 0 saturated carbocycles. The topological polar surface area (TPSA) is 37.3 Å². The third-order valence-electron chi connectivity index (χ3n) is 4.15. The Hall–Kier alpha value is -1.15. The molecule has 1 aromatic rings. The number of carbonyl (C=O) groups is 1. The highest BCUT2D eigenvalue weighted by molar-refractivity contribution is 5.77. The van der Waals surface area contributed by atoms with Gasteiger partial charge in [0.2, 0.25) is 0 Å². The van der Waals surface area contributed by atoms with Gasteiger partial charge in [0.15, 0.2) is 0 Å². The van der Waals surface area contributed by atoms with Gasteiger partial charge in [-0.05, 0) is 37.7 Å². The average Bonchev–Trinajstić information content (AvgIpc) is 2.50. The molecule has 1 aromatic carbocycles. The first-order valence-electron chi connectivity index (χ1n) is 8.41. The molecular formula is C19H30O2. The number of carbonyl (C=O) groups excluding carboxylic acids is 1. The van der Waals surface area contributed by atoms with Crippen LogP contribution in [0.4, 0.5) is 0 Å². The number of hydrogen-bond donors (Lipinski definition) is 1. The van der Waals surface area contributed by atoms with Crippen LogP contribution in [0.2, 0.25) is 0 Å². The minimum atomic E-state index is -0.268. The molecule has 0 fully saturated rings. The van der Waals surface area contributed by atoms with Gasteiger partial charge in [0.1, 0.15) is 6.29 Å². The third-order valence-corrected chi connectivity index (χ3v) is 4.15. The molecule has 21 heavy (non-hydrogen) atoms.